The maximum atomic E-state index is 12.5. The summed E-state index contributed by atoms with van der Waals surface area (Å²) in [5.74, 6) is 0. The molecule has 3 heteroatoms. The van der Waals surface area contributed by atoms with E-state index in [1.54, 1.807) is 0 Å². The molecule has 0 atom stereocenters. The molecule has 2 aromatic carbocycles. The molecule has 2 nitrogen and oxygen atoms in total. The zero-order chi connectivity index (χ0) is 41.7. The van der Waals surface area contributed by atoms with Gasteiger partial charge in [-0.2, -0.15) is 0 Å². The highest BCUT2D eigenvalue weighted by atomic mass is 28.4. The molecule has 0 bridgehead atoms. The fourth-order valence-electron chi connectivity index (χ4n) is 8.42. The maximum absolute atomic E-state index is 12.5. The topological polar surface area (TPSA) is 32.3 Å². The number of hydrogen-bond donors (Lipinski definition) is 2. The molecule has 0 aliphatic carbocycles. The Balaban J connectivity index is 1.72. The van der Waals surface area contributed by atoms with Gasteiger partial charge in [0.1, 0.15) is 0 Å². The van der Waals surface area contributed by atoms with Gasteiger partial charge in [0.25, 0.3) is 8.32 Å². The fourth-order valence-corrected chi connectivity index (χ4v) is 12.2. The second-order valence-corrected chi connectivity index (χ2v) is 21.8. The molecule has 0 aliphatic rings. The lowest BCUT2D eigenvalue weighted by Gasteiger charge is -2.41. The third-order valence-corrected chi connectivity index (χ3v) is 16.8. The summed E-state index contributed by atoms with van der Waals surface area (Å²) >= 11 is 0. The molecule has 0 saturated heterocycles. The van der Waals surface area contributed by atoms with Crippen LogP contribution in [0.1, 0.15) is 207 Å². The van der Waals surface area contributed by atoms with E-state index >= 15 is 0 Å². The number of allylic oxidation sites excluding steroid dienone is 8. The standard InChI is InChI=1S/C55H91NOSi/c1-5-7-9-11-13-15-17-19-21-23-25-27-29-31-36-44-52(45-37-32-30-28-26-24-22-20-18-16-14-12-10-8-6-2)56-51-43-35-42-50-55(3,4)58(57,53-46-38-33-39-47-53)54-48-40-34-41-49-54/h13-16,19-22,33-34,38-41,46-49,52,56-57H,5-12,17-18,23-32,35-37,42-45,50-51H2,1-4H3/b15-13-,16-14-,21-19-,22-20-. The van der Waals surface area contributed by atoms with Crippen LogP contribution >= 0.6 is 0 Å². The highest BCUT2D eigenvalue weighted by Gasteiger charge is 2.49. The van der Waals surface area contributed by atoms with Gasteiger partial charge in [-0.15, -0.1) is 0 Å². The Labute approximate surface area is 361 Å². The average Bonchev–Trinajstić information content (AvgIpc) is 3.24. The van der Waals surface area contributed by atoms with Gasteiger partial charge in [0.15, 0.2) is 0 Å². The fraction of sp³-hybridized carbons (Fsp3) is 0.636. The van der Waals surface area contributed by atoms with Gasteiger partial charge in [-0.3, -0.25) is 0 Å². The lowest BCUT2D eigenvalue weighted by molar-refractivity contribution is 0.402. The van der Waals surface area contributed by atoms with Crippen molar-refractivity contribution >= 4 is 18.7 Å². The van der Waals surface area contributed by atoms with Gasteiger partial charge in [-0.25, -0.2) is 0 Å². The minimum Gasteiger partial charge on any atom is -0.424 e. The molecule has 2 aromatic rings. The summed E-state index contributed by atoms with van der Waals surface area (Å²) in [5.41, 5.74) is 0. The number of benzene rings is 2. The van der Waals surface area contributed by atoms with Crippen molar-refractivity contribution in [3.63, 3.8) is 0 Å². The summed E-state index contributed by atoms with van der Waals surface area (Å²) < 4.78 is 0. The molecular formula is C55H91NOSi. The second-order valence-electron chi connectivity index (χ2n) is 17.8. The van der Waals surface area contributed by atoms with Gasteiger partial charge in [0.05, 0.1) is 0 Å². The van der Waals surface area contributed by atoms with Crippen LogP contribution in [0.4, 0.5) is 0 Å². The molecule has 58 heavy (non-hydrogen) atoms. The van der Waals surface area contributed by atoms with Gasteiger partial charge in [-0.05, 0) is 112 Å². The van der Waals surface area contributed by atoms with E-state index < -0.39 is 8.32 Å². The van der Waals surface area contributed by atoms with Crippen molar-refractivity contribution in [2.45, 2.75) is 219 Å². The van der Waals surface area contributed by atoms with Crippen molar-refractivity contribution < 1.29 is 4.80 Å². The summed E-state index contributed by atoms with van der Waals surface area (Å²) in [7, 11) is -2.93. The first-order valence-electron chi connectivity index (χ1n) is 24.6. The number of rotatable bonds is 38. The number of hydrogen-bond acceptors (Lipinski definition) is 2. The Morgan fingerprint density at radius 2 is 0.862 bits per heavy atom. The Morgan fingerprint density at radius 1 is 0.483 bits per heavy atom. The predicted molar refractivity (Wildman–Crippen MR) is 263 cm³/mol. The lowest BCUT2D eigenvalue weighted by atomic mass is 9.99. The molecule has 0 amide bonds. The Hall–Kier alpha value is -2.46. The molecule has 0 aromatic heterocycles. The van der Waals surface area contributed by atoms with Crippen LogP contribution in [0.5, 0.6) is 0 Å². The van der Waals surface area contributed by atoms with Gasteiger partial charge < -0.3 is 10.1 Å². The van der Waals surface area contributed by atoms with Crippen LogP contribution < -0.4 is 15.7 Å². The smallest absolute Gasteiger partial charge is 0.258 e. The normalized spacial score (nSPS) is 12.8. The van der Waals surface area contributed by atoms with Crippen LogP contribution in [-0.2, 0) is 0 Å². The first kappa shape index (κ1) is 51.7. The molecular weight excluding hydrogens is 719 g/mol. The van der Waals surface area contributed by atoms with Crippen LogP contribution in [0.25, 0.3) is 0 Å². The lowest BCUT2D eigenvalue weighted by Crippen LogP contribution is -2.65. The van der Waals surface area contributed by atoms with E-state index in [0.29, 0.717) is 6.04 Å². The molecule has 2 rings (SSSR count). The van der Waals surface area contributed by atoms with E-state index in [9.17, 15) is 4.80 Å². The number of unbranched alkanes of at least 4 members (excludes halogenated alkanes) is 18. The third-order valence-electron chi connectivity index (χ3n) is 12.3. The molecule has 0 unspecified atom stereocenters. The van der Waals surface area contributed by atoms with Gasteiger partial charge in [0.2, 0.25) is 0 Å². The predicted octanol–water partition coefficient (Wildman–Crippen LogP) is 15.7. The highest BCUT2D eigenvalue weighted by Crippen LogP contribution is 2.40. The second kappa shape index (κ2) is 35.3. The molecule has 0 heterocycles. The minimum absolute atomic E-state index is 0.159. The summed E-state index contributed by atoms with van der Waals surface area (Å²) in [5, 5.41) is 6.11. The summed E-state index contributed by atoms with van der Waals surface area (Å²) in [6.07, 6.45) is 54.9. The minimum atomic E-state index is -2.93. The van der Waals surface area contributed by atoms with E-state index in [1.807, 2.05) is 0 Å². The molecule has 0 aliphatic heterocycles. The molecule has 2 N–H and O–H groups in total. The molecule has 0 saturated carbocycles. The summed E-state index contributed by atoms with van der Waals surface area (Å²) in [6, 6.07) is 21.7. The van der Waals surface area contributed by atoms with Crippen LogP contribution in [-0.4, -0.2) is 25.7 Å². The molecule has 0 spiro atoms. The Morgan fingerprint density at radius 3 is 1.29 bits per heavy atom. The van der Waals surface area contributed by atoms with E-state index in [0.717, 1.165) is 42.6 Å². The quantitative estimate of drug-likeness (QED) is 0.0402. The van der Waals surface area contributed by atoms with Crippen LogP contribution in [0, 0.1) is 0 Å². The van der Waals surface area contributed by atoms with Crippen molar-refractivity contribution in [2.75, 3.05) is 6.54 Å². The van der Waals surface area contributed by atoms with Crippen molar-refractivity contribution in [3.8, 4) is 0 Å². The van der Waals surface area contributed by atoms with Gasteiger partial charge >= 0.3 is 0 Å². The number of nitrogens with one attached hydrogen (secondary N) is 1. The first-order chi connectivity index (χ1) is 28.5. The summed E-state index contributed by atoms with van der Waals surface area (Å²) in [6.45, 7) is 10.3. The van der Waals surface area contributed by atoms with Gasteiger partial charge in [0, 0.05) is 6.04 Å². The van der Waals surface area contributed by atoms with Crippen molar-refractivity contribution in [3.05, 3.63) is 109 Å². The van der Waals surface area contributed by atoms with Crippen LogP contribution in [0.3, 0.4) is 0 Å². The maximum Gasteiger partial charge on any atom is 0.258 e. The molecule has 326 valence electrons. The van der Waals surface area contributed by atoms with E-state index in [4.69, 9.17) is 0 Å². The largest absolute Gasteiger partial charge is 0.424 e. The zero-order valence-electron chi connectivity index (χ0n) is 38.4. The average molecular weight is 810 g/mol. The third kappa shape index (κ3) is 24.0. The molecule has 0 fully saturated rings. The first-order valence-corrected chi connectivity index (χ1v) is 26.6. The molecule has 0 radical (unpaired) electrons. The Kier molecular flexibility index (Phi) is 31.5. The Bertz CT molecular complexity index is 1230. The van der Waals surface area contributed by atoms with E-state index in [-0.39, 0.29) is 5.04 Å². The van der Waals surface area contributed by atoms with Gasteiger partial charge in [-0.1, -0.05) is 227 Å². The van der Waals surface area contributed by atoms with Crippen molar-refractivity contribution in [2.24, 2.45) is 0 Å². The zero-order valence-corrected chi connectivity index (χ0v) is 39.4. The van der Waals surface area contributed by atoms with E-state index in [2.05, 4.69) is 142 Å². The monoisotopic (exact) mass is 810 g/mol. The van der Waals surface area contributed by atoms with Crippen molar-refractivity contribution in [1.29, 1.82) is 0 Å². The van der Waals surface area contributed by atoms with Crippen LogP contribution in [0.15, 0.2) is 109 Å². The highest BCUT2D eigenvalue weighted by molar-refractivity contribution is 6.98. The van der Waals surface area contributed by atoms with Crippen LogP contribution in [0.2, 0.25) is 5.04 Å². The SMILES string of the molecule is CCCCC/C=C\C/C=C\CCCCCCCC(CCCCCCC/C=C\C/C=C\CCCCC)NCCCCCC(C)(C)[Si](O)(c1ccccc1)c1ccccc1. The van der Waals surface area contributed by atoms with Crippen molar-refractivity contribution in [1.82, 2.24) is 5.32 Å². The van der Waals surface area contributed by atoms with E-state index in [1.165, 1.54) is 154 Å². The summed E-state index contributed by atoms with van der Waals surface area (Å²) in [4.78, 5) is 12.5.